The van der Waals surface area contributed by atoms with E-state index in [0.717, 1.165) is 17.7 Å². The van der Waals surface area contributed by atoms with Crippen molar-refractivity contribution in [1.82, 2.24) is 29.3 Å². The Bertz CT molecular complexity index is 2460. The van der Waals surface area contributed by atoms with Gasteiger partial charge in [-0.05, 0) is 69.3 Å². The first-order valence-electron chi connectivity index (χ1n) is 18.0. The Hall–Kier alpha value is -6.41. The van der Waals surface area contributed by atoms with E-state index in [1.165, 1.54) is 58.5 Å². The van der Waals surface area contributed by atoms with Crippen LogP contribution in [0.2, 0.25) is 0 Å². The Morgan fingerprint density at radius 2 is 1.32 bits per heavy atom. The van der Waals surface area contributed by atoms with Gasteiger partial charge in [0.05, 0.1) is 71.7 Å². The summed E-state index contributed by atoms with van der Waals surface area (Å²) < 4.78 is 91.5. The molecule has 15 nitrogen and oxygen atoms in total. The Kier molecular flexibility index (Phi) is 14.3. The first kappa shape index (κ1) is 43.7. The number of hydrogen-bond donors (Lipinski definition) is 1. The van der Waals surface area contributed by atoms with Crippen LogP contribution in [0, 0.1) is 18.6 Å². The Labute approximate surface area is 335 Å². The van der Waals surface area contributed by atoms with E-state index in [1.54, 1.807) is 30.5 Å². The van der Waals surface area contributed by atoms with Gasteiger partial charge in [0.15, 0.2) is 11.4 Å². The standard InChI is InChI=1S/C16H15F2N3O3.C14H12FN3O3.C9H11FO3S/c1-2-24-16(23)14-13-8-20(6-5-17)15(22)11-7-10(18)3-4-12(11)21(13)9-19-14;1-2-21-14(20)12-11-6-16-13(19)9-5-8(15)3-4-10(9)18(11)7-17-12;1-8-2-4-9(5-3-8)14(11,12)13-7-6-10/h3-4,7,9H,2,5-6,8H2,1H3;3-5,7H,2,6H2,1H3,(H,16,19);2-5H,6-7H2,1H3/i17-1;;10-1. The highest BCUT2D eigenvalue weighted by Gasteiger charge is 2.31. The molecule has 0 atom stereocenters. The number of esters is 2. The average molecular weight is 841 g/mol. The van der Waals surface area contributed by atoms with Crippen LogP contribution in [0.3, 0.4) is 0 Å². The zero-order valence-corrected chi connectivity index (χ0v) is 32.7. The van der Waals surface area contributed by atoms with Crippen molar-refractivity contribution in [3.05, 3.63) is 124 Å². The van der Waals surface area contributed by atoms with Gasteiger partial charge in [-0.2, -0.15) is 8.42 Å². The molecular weight excluding hydrogens is 803 g/mol. The molecule has 0 radical (unpaired) electrons. The van der Waals surface area contributed by atoms with Crippen molar-refractivity contribution in [2.24, 2.45) is 0 Å². The molecule has 0 fully saturated rings. The second kappa shape index (κ2) is 19.4. The van der Waals surface area contributed by atoms with Gasteiger partial charge in [-0.3, -0.25) is 22.9 Å². The second-order valence-electron chi connectivity index (χ2n) is 12.5. The number of carbonyl (C=O) groups is 4. The maximum Gasteiger partial charge on any atom is 0.358 e. The van der Waals surface area contributed by atoms with Crippen LogP contribution >= 0.6 is 0 Å². The number of carbonyl (C=O) groups excluding carboxylic acids is 4. The summed E-state index contributed by atoms with van der Waals surface area (Å²) >= 11 is 0. The minimum Gasteiger partial charge on any atom is -0.461 e. The molecule has 2 aliphatic heterocycles. The van der Waals surface area contributed by atoms with E-state index in [0.29, 0.717) is 22.8 Å². The third-order valence-electron chi connectivity index (χ3n) is 8.61. The molecule has 0 bridgehead atoms. The van der Waals surface area contributed by atoms with Crippen LogP contribution in [-0.4, -0.2) is 95.9 Å². The number of hydrogen-bond acceptors (Lipinski definition) is 11. The lowest BCUT2D eigenvalue weighted by Crippen LogP contribution is -2.32. The predicted octanol–water partition coefficient (Wildman–Crippen LogP) is 5.21. The summed E-state index contributed by atoms with van der Waals surface area (Å²) in [6.07, 6.45) is 2.81. The third-order valence-corrected chi connectivity index (χ3v) is 9.93. The van der Waals surface area contributed by atoms with Crippen LogP contribution in [0.5, 0.6) is 0 Å². The van der Waals surface area contributed by atoms with Crippen LogP contribution in [0.25, 0.3) is 11.4 Å². The van der Waals surface area contributed by atoms with Gasteiger partial charge in [-0.25, -0.2) is 37.1 Å². The number of aromatic nitrogens is 4. The Morgan fingerprint density at radius 1 is 0.780 bits per heavy atom. The van der Waals surface area contributed by atoms with Gasteiger partial charge >= 0.3 is 11.9 Å². The number of ether oxygens (including phenoxy) is 2. The highest BCUT2D eigenvalue weighted by atomic mass is 32.2. The number of fused-ring (bicyclic) bond motifs is 6. The van der Waals surface area contributed by atoms with Gasteiger partial charge < -0.3 is 19.7 Å². The minimum atomic E-state index is -3.78. The van der Waals surface area contributed by atoms with E-state index in [-0.39, 0.29) is 60.3 Å². The number of benzene rings is 3. The van der Waals surface area contributed by atoms with Gasteiger partial charge in [0.2, 0.25) is 0 Å². The fraction of sp³-hybridized carbons (Fsp3) is 0.282. The van der Waals surface area contributed by atoms with Crippen LogP contribution in [0.15, 0.2) is 78.2 Å². The first-order valence-corrected chi connectivity index (χ1v) is 19.4. The van der Waals surface area contributed by atoms with Crippen LogP contribution in [0.1, 0.15) is 72.5 Å². The summed E-state index contributed by atoms with van der Waals surface area (Å²) in [5.74, 6) is -3.14. The molecule has 5 aromatic rings. The van der Waals surface area contributed by atoms with Crippen LogP contribution in [0.4, 0.5) is 17.6 Å². The average Bonchev–Trinajstić information content (AvgIpc) is 3.78. The quantitative estimate of drug-likeness (QED) is 0.111. The summed E-state index contributed by atoms with van der Waals surface area (Å²) in [7, 11) is -3.78. The van der Waals surface area contributed by atoms with E-state index >= 15 is 0 Å². The maximum atomic E-state index is 13.6. The Balaban J connectivity index is 0.000000174. The molecule has 0 saturated carbocycles. The number of rotatable bonds is 10. The lowest BCUT2D eigenvalue weighted by molar-refractivity contribution is 0.0507. The molecule has 2 amide bonds. The normalized spacial score (nSPS) is 12.8. The van der Waals surface area contributed by atoms with Crippen molar-refractivity contribution in [2.75, 3.05) is 39.7 Å². The second-order valence-corrected chi connectivity index (χ2v) is 14.1. The molecule has 3 aromatic carbocycles. The molecule has 0 unspecified atom stereocenters. The SMILES string of the molecule is CCOC(=O)c1ncn2c1CN(CC[18F])C(=O)c1cc(F)ccc1-2.CCOC(=O)c1ncn2c1CNC(=O)c1cc(F)ccc1-2.Cc1ccc(S(=O)(=O)OCC[18F])cc1. The fourth-order valence-corrected chi connectivity index (χ4v) is 6.78. The van der Waals surface area contributed by atoms with E-state index in [9.17, 15) is 45.2 Å². The maximum absolute atomic E-state index is 13.6. The number of imidazole rings is 2. The predicted molar refractivity (Wildman–Crippen MR) is 201 cm³/mol. The first-order chi connectivity index (χ1) is 28.2. The van der Waals surface area contributed by atoms with Gasteiger partial charge in [0.1, 0.15) is 37.6 Å². The lowest BCUT2D eigenvalue weighted by atomic mass is 10.1. The van der Waals surface area contributed by atoms with Gasteiger partial charge in [0.25, 0.3) is 21.9 Å². The number of halogens is 4. The molecule has 0 spiro atoms. The van der Waals surface area contributed by atoms with Crippen LogP contribution in [-0.2, 0) is 36.9 Å². The topological polar surface area (TPSA) is 181 Å². The van der Waals surface area contributed by atoms with Crippen molar-refractivity contribution in [2.45, 2.75) is 38.8 Å². The number of amides is 2. The van der Waals surface area contributed by atoms with Gasteiger partial charge in [0, 0.05) is 6.54 Å². The molecule has 2 aliphatic rings. The van der Waals surface area contributed by atoms with Gasteiger partial charge in [-0.15, -0.1) is 0 Å². The molecule has 7 rings (SSSR count). The van der Waals surface area contributed by atoms with E-state index in [2.05, 4.69) is 19.5 Å². The van der Waals surface area contributed by atoms with Crippen molar-refractivity contribution in [1.29, 1.82) is 0 Å². The summed E-state index contributed by atoms with van der Waals surface area (Å²) in [5, 5.41) is 2.63. The highest BCUT2D eigenvalue weighted by molar-refractivity contribution is 7.86. The smallest absolute Gasteiger partial charge is 0.358 e. The molecule has 1 N–H and O–H groups in total. The largest absolute Gasteiger partial charge is 0.461 e. The summed E-state index contributed by atoms with van der Waals surface area (Å²) in [6, 6.07) is 13.8. The molecular formula is C39H38F4N6O9S. The number of aryl methyl sites for hydroxylation is 1. The zero-order chi connectivity index (χ0) is 42.9. The lowest BCUT2D eigenvalue weighted by Gasteiger charge is -2.19. The van der Waals surface area contributed by atoms with E-state index < -0.39 is 65.5 Å². The molecule has 4 heterocycles. The highest BCUT2D eigenvalue weighted by Crippen LogP contribution is 2.28. The number of nitrogens with zero attached hydrogens (tertiary/aromatic N) is 5. The zero-order valence-electron chi connectivity index (χ0n) is 31.9. The van der Waals surface area contributed by atoms with Crippen molar-refractivity contribution in [3.8, 4) is 11.4 Å². The summed E-state index contributed by atoms with van der Waals surface area (Å²) in [5.41, 5.74) is 3.23. The minimum absolute atomic E-state index is 0.0206. The summed E-state index contributed by atoms with van der Waals surface area (Å²) in [6.45, 7) is 3.56. The Morgan fingerprint density at radius 3 is 1.88 bits per heavy atom. The fourth-order valence-electron chi connectivity index (χ4n) is 5.89. The van der Waals surface area contributed by atoms with Crippen molar-refractivity contribution in [3.63, 3.8) is 0 Å². The third kappa shape index (κ3) is 10.0. The molecule has 20 heteroatoms. The molecule has 0 aliphatic carbocycles. The van der Waals surface area contributed by atoms with Crippen LogP contribution < -0.4 is 5.32 Å². The van der Waals surface area contributed by atoms with E-state index in [1.807, 2.05) is 6.92 Å². The van der Waals surface area contributed by atoms with Crippen molar-refractivity contribution >= 4 is 33.9 Å². The van der Waals surface area contributed by atoms with E-state index in [4.69, 9.17) is 9.47 Å². The molecule has 2 aromatic heterocycles. The number of nitrogens with one attached hydrogen (secondary N) is 1. The number of alkyl halides is 2. The van der Waals surface area contributed by atoms with Crippen molar-refractivity contribution < 1.29 is 58.8 Å². The summed E-state index contributed by atoms with van der Waals surface area (Å²) in [4.78, 5) is 57.9. The molecule has 0 saturated heterocycles. The molecule has 59 heavy (non-hydrogen) atoms. The monoisotopic (exact) mass is 840 g/mol. The molecule has 312 valence electrons. The van der Waals surface area contributed by atoms with Gasteiger partial charge in [-0.1, -0.05) is 17.7 Å².